The van der Waals surface area contributed by atoms with Crippen molar-refractivity contribution < 1.29 is 4.74 Å². The topological polar surface area (TPSA) is 38.2 Å². The molecule has 4 rings (SSSR count). The van der Waals surface area contributed by atoms with Crippen LogP contribution < -0.4 is 4.74 Å². The quantitative estimate of drug-likeness (QED) is 0.290. The fourth-order valence-electron chi connectivity index (χ4n) is 3.81. The van der Waals surface area contributed by atoms with Gasteiger partial charge in [-0.25, -0.2) is 9.97 Å². The van der Waals surface area contributed by atoms with Gasteiger partial charge in [0, 0.05) is 47.9 Å². The van der Waals surface area contributed by atoms with Crippen LogP contribution in [0.1, 0.15) is 47.3 Å². The molecule has 0 aliphatic carbocycles. The summed E-state index contributed by atoms with van der Waals surface area (Å²) in [6.45, 7) is 8.38. The molecule has 170 valence electrons. The van der Waals surface area contributed by atoms with E-state index in [1.54, 1.807) is 17.5 Å². The molecule has 0 bridgehead atoms. The van der Waals surface area contributed by atoms with Gasteiger partial charge < -0.3 is 4.74 Å². The number of hydrogen-bond donors (Lipinski definition) is 0. The first kappa shape index (κ1) is 23.1. The summed E-state index contributed by atoms with van der Waals surface area (Å²) < 4.78 is 6.33. The highest BCUT2D eigenvalue weighted by Crippen LogP contribution is 2.35. The number of para-hydroxylation sites is 1. The Kier molecular flexibility index (Phi) is 7.21. The number of aromatic nitrogens is 2. The van der Waals surface area contributed by atoms with E-state index in [2.05, 4.69) is 91.2 Å². The fraction of sp³-hybridized carbons (Fsp3) is 0.286. The average molecular weight is 458 g/mol. The summed E-state index contributed by atoms with van der Waals surface area (Å²) in [5.41, 5.74) is 3.51. The largest absolute Gasteiger partial charge is 0.438 e. The van der Waals surface area contributed by atoms with Gasteiger partial charge >= 0.3 is 0 Å². The third kappa shape index (κ3) is 6.28. The summed E-state index contributed by atoms with van der Waals surface area (Å²) in [5.74, 6) is 1.50. The molecule has 5 heteroatoms. The summed E-state index contributed by atoms with van der Waals surface area (Å²) >= 11 is 1.75. The Bertz CT molecular complexity index is 1180. The van der Waals surface area contributed by atoms with Gasteiger partial charge in [-0.1, -0.05) is 75.4 Å². The summed E-state index contributed by atoms with van der Waals surface area (Å²) in [4.78, 5) is 12.8. The second-order valence-electron chi connectivity index (χ2n) is 9.37. The monoisotopic (exact) mass is 457 g/mol. The van der Waals surface area contributed by atoms with Gasteiger partial charge in [0.1, 0.15) is 5.75 Å². The number of benzene rings is 2. The first-order chi connectivity index (χ1) is 15.9. The minimum absolute atomic E-state index is 0.0124. The molecule has 0 fully saturated rings. The summed E-state index contributed by atoms with van der Waals surface area (Å²) in [6.07, 6.45) is 4.48. The standard InChI is InChI=1S/C28H31N3OS/c1-28(2,3)24-14-8-9-15-25(24)32-27-22(13-10-16-29-27)17-26-30-18-23(33-26)20-31(4)19-21-11-6-5-7-12-21/h5-16,18H,17,19-20H2,1-4H3. The van der Waals surface area contributed by atoms with Gasteiger partial charge in [0.25, 0.3) is 0 Å². The van der Waals surface area contributed by atoms with Crippen LogP contribution in [-0.2, 0) is 24.9 Å². The van der Waals surface area contributed by atoms with Gasteiger partial charge in [0.05, 0.1) is 5.01 Å². The molecule has 2 aromatic carbocycles. The maximum Gasteiger partial charge on any atom is 0.222 e. The van der Waals surface area contributed by atoms with E-state index < -0.39 is 0 Å². The Morgan fingerprint density at radius 3 is 2.42 bits per heavy atom. The van der Waals surface area contributed by atoms with E-state index in [1.165, 1.54) is 16.0 Å². The average Bonchev–Trinajstić information content (AvgIpc) is 3.22. The van der Waals surface area contributed by atoms with Crippen LogP contribution in [-0.4, -0.2) is 21.9 Å². The zero-order valence-corrected chi connectivity index (χ0v) is 20.6. The highest BCUT2D eigenvalue weighted by Gasteiger charge is 2.20. The molecule has 0 amide bonds. The lowest BCUT2D eigenvalue weighted by Gasteiger charge is -2.22. The van der Waals surface area contributed by atoms with Crippen LogP contribution in [0, 0.1) is 0 Å². The highest BCUT2D eigenvalue weighted by atomic mass is 32.1. The molecule has 4 aromatic rings. The van der Waals surface area contributed by atoms with Crippen molar-refractivity contribution in [2.75, 3.05) is 7.05 Å². The SMILES string of the molecule is CN(Cc1ccccc1)Cc1cnc(Cc2cccnc2Oc2ccccc2C(C)(C)C)s1. The summed E-state index contributed by atoms with van der Waals surface area (Å²) in [6, 6.07) is 22.8. The number of pyridine rings is 1. The van der Waals surface area contributed by atoms with Crippen molar-refractivity contribution in [1.29, 1.82) is 0 Å². The van der Waals surface area contributed by atoms with Crippen LogP contribution in [0.25, 0.3) is 0 Å². The first-order valence-corrected chi connectivity index (χ1v) is 12.1. The van der Waals surface area contributed by atoms with E-state index >= 15 is 0 Å². The predicted molar refractivity (Wildman–Crippen MR) is 136 cm³/mol. The normalized spacial score (nSPS) is 11.7. The van der Waals surface area contributed by atoms with Crippen LogP contribution in [0.15, 0.2) is 79.1 Å². The van der Waals surface area contributed by atoms with E-state index in [-0.39, 0.29) is 5.41 Å². The van der Waals surface area contributed by atoms with Gasteiger partial charge in [-0.2, -0.15) is 0 Å². The van der Waals surface area contributed by atoms with Gasteiger partial charge in [0.15, 0.2) is 0 Å². The minimum Gasteiger partial charge on any atom is -0.438 e. The minimum atomic E-state index is -0.0124. The lowest BCUT2D eigenvalue weighted by atomic mass is 9.86. The molecule has 4 nitrogen and oxygen atoms in total. The van der Waals surface area contributed by atoms with Crippen molar-refractivity contribution in [3.8, 4) is 11.6 Å². The van der Waals surface area contributed by atoms with Crippen molar-refractivity contribution in [3.63, 3.8) is 0 Å². The molecule has 33 heavy (non-hydrogen) atoms. The van der Waals surface area contributed by atoms with E-state index in [0.29, 0.717) is 12.3 Å². The Hall–Kier alpha value is -3.02. The Morgan fingerprint density at radius 1 is 0.879 bits per heavy atom. The molecule has 2 aromatic heterocycles. The van der Waals surface area contributed by atoms with Crippen molar-refractivity contribution in [1.82, 2.24) is 14.9 Å². The molecule has 2 heterocycles. The van der Waals surface area contributed by atoms with Crippen LogP contribution in [0.5, 0.6) is 11.6 Å². The van der Waals surface area contributed by atoms with Crippen LogP contribution >= 0.6 is 11.3 Å². The third-order valence-electron chi connectivity index (χ3n) is 5.42. The highest BCUT2D eigenvalue weighted by molar-refractivity contribution is 7.11. The van der Waals surface area contributed by atoms with Crippen LogP contribution in [0.3, 0.4) is 0 Å². The predicted octanol–water partition coefficient (Wildman–Crippen LogP) is 6.85. The fourth-order valence-corrected chi connectivity index (χ4v) is 4.84. The number of nitrogens with zero attached hydrogens (tertiary/aromatic N) is 3. The zero-order valence-electron chi connectivity index (χ0n) is 19.8. The first-order valence-electron chi connectivity index (χ1n) is 11.3. The maximum absolute atomic E-state index is 6.33. The molecule has 0 unspecified atom stereocenters. The third-order valence-corrected chi connectivity index (χ3v) is 6.40. The zero-order chi connectivity index (χ0) is 23.3. The van der Waals surface area contributed by atoms with Crippen LogP contribution in [0.4, 0.5) is 0 Å². The molecular formula is C28H31N3OS. The van der Waals surface area contributed by atoms with Crippen LogP contribution in [0.2, 0.25) is 0 Å². The number of hydrogen-bond acceptors (Lipinski definition) is 5. The smallest absolute Gasteiger partial charge is 0.222 e. The number of thiazole rings is 1. The Balaban J connectivity index is 1.46. The molecular weight excluding hydrogens is 426 g/mol. The molecule has 0 spiro atoms. The summed E-state index contributed by atoms with van der Waals surface area (Å²) in [7, 11) is 2.14. The second kappa shape index (κ2) is 10.3. The van der Waals surface area contributed by atoms with Crippen molar-refractivity contribution in [3.05, 3.63) is 106 Å². The maximum atomic E-state index is 6.33. The van der Waals surface area contributed by atoms with E-state index in [1.807, 2.05) is 24.4 Å². The lowest BCUT2D eigenvalue weighted by molar-refractivity contribution is 0.322. The van der Waals surface area contributed by atoms with E-state index in [9.17, 15) is 0 Å². The Morgan fingerprint density at radius 2 is 1.64 bits per heavy atom. The van der Waals surface area contributed by atoms with Gasteiger partial charge in [-0.3, -0.25) is 4.90 Å². The Labute approximate surface area is 200 Å². The molecule has 0 aliphatic rings. The van der Waals surface area contributed by atoms with E-state index in [0.717, 1.165) is 29.4 Å². The molecule has 0 N–H and O–H groups in total. The van der Waals surface area contributed by atoms with Gasteiger partial charge in [-0.15, -0.1) is 11.3 Å². The summed E-state index contributed by atoms with van der Waals surface area (Å²) in [5, 5.41) is 1.07. The molecule has 0 radical (unpaired) electrons. The second-order valence-corrected chi connectivity index (χ2v) is 10.6. The lowest BCUT2D eigenvalue weighted by Crippen LogP contribution is -2.16. The van der Waals surface area contributed by atoms with Crippen molar-refractivity contribution in [2.45, 2.75) is 45.7 Å². The number of rotatable bonds is 8. The van der Waals surface area contributed by atoms with Gasteiger partial charge in [-0.05, 0) is 30.2 Å². The molecule has 0 saturated carbocycles. The molecule has 0 aliphatic heterocycles. The van der Waals surface area contributed by atoms with E-state index in [4.69, 9.17) is 4.74 Å². The van der Waals surface area contributed by atoms with Gasteiger partial charge in [0.2, 0.25) is 5.88 Å². The van der Waals surface area contributed by atoms with Crippen molar-refractivity contribution in [2.24, 2.45) is 0 Å². The number of ether oxygens (including phenoxy) is 1. The molecule has 0 atom stereocenters. The van der Waals surface area contributed by atoms with Crippen molar-refractivity contribution >= 4 is 11.3 Å². The molecule has 0 saturated heterocycles.